The molecule has 2 nitrogen and oxygen atoms in total. The van der Waals surface area contributed by atoms with E-state index in [0.29, 0.717) is 38.5 Å². The fraction of sp³-hybridized carbons (Fsp3) is 0.708. The lowest BCUT2D eigenvalue weighted by Gasteiger charge is -2.43. The summed E-state index contributed by atoms with van der Waals surface area (Å²) in [6.07, 6.45) is 3.85. The van der Waals surface area contributed by atoms with Gasteiger partial charge in [-0.25, -0.2) is 8.78 Å². The van der Waals surface area contributed by atoms with Crippen LogP contribution >= 0.6 is 0 Å². The van der Waals surface area contributed by atoms with Crippen LogP contribution in [0, 0.1) is 12.3 Å². The number of carbonyl (C=O) groups is 1. The summed E-state index contributed by atoms with van der Waals surface area (Å²) in [5.41, 5.74) is 1.65. The highest BCUT2D eigenvalue weighted by atomic mass is 19.3. The van der Waals surface area contributed by atoms with Crippen molar-refractivity contribution in [3.63, 3.8) is 0 Å². The molecule has 1 aromatic carbocycles. The van der Waals surface area contributed by atoms with Crippen LogP contribution in [0.3, 0.4) is 0 Å². The number of rotatable bonds is 8. The second kappa shape index (κ2) is 11.6. The maximum atomic E-state index is 12.1. The molecule has 1 N–H and O–H groups in total. The van der Waals surface area contributed by atoms with Crippen LogP contribution in [0.25, 0.3) is 0 Å². The van der Waals surface area contributed by atoms with Gasteiger partial charge < -0.3 is 5.11 Å². The first kappa shape index (κ1) is 24.7. The molecule has 0 saturated heterocycles. The van der Waals surface area contributed by atoms with Gasteiger partial charge in [0.25, 0.3) is 0 Å². The van der Waals surface area contributed by atoms with E-state index < -0.39 is 12.0 Å². The minimum Gasteiger partial charge on any atom is -0.390 e. The van der Waals surface area contributed by atoms with E-state index in [1.54, 1.807) is 6.92 Å². The van der Waals surface area contributed by atoms with Crippen molar-refractivity contribution in [2.45, 2.75) is 104 Å². The van der Waals surface area contributed by atoms with E-state index in [1.165, 1.54) is 11.1 Å². The molecule has 160 valence electrons. The fourth-order valence-corrected chi connectivity index (χ4v) is 4.11. The molecular weight excluding hydrogens is 358 g/mol. The van der Waals surface area contributed by atoms with Crippen molar-refractivity contribution < 1.29 is 18.7 Å². The van der Waals surface area contributed by atoms with Gasteiger partial charge in [0.1, 0.15) is 5.78 Å². The van der Waals surface area contributed by atoms with Crippen LogP contribution in [-0.4, -0.2) is 22.9 Å². The molecule has 1 aliphatic carbocycles. The molecule has 1 aliphatic rings. The zero-order valence-corrected chi connectivity index (χ0v) is 18.1. The topological polar surface area (TPSA) is 37.3 Å². The zero-order chi connectivity index (χ0) is 21.2. The highest BCUT2D eigenvalue weighted by molar-refractivity contribution is 5.82. The van der Waals surface area contributed by atoms with Crippen LogP contribution in [0.1, 0.15) is 89.7 Å². The van der Waals surface area contributed by atoms with Gasteiger partial charge in [-0.3, -0.25) is 4.79 Å². The molecule has 0 spiro atoms. The van der Waals surface area contributed by atoms with Crippen molar-refractivity contribution in [1.82, 2.24) is 0 Å². The number of hydrogen-bond acceptors (Lipinski definition) is 2. The fourth-order valence-electron chi connectivity index (χ4n) is 4.11. The summed E-state index contributed by atoms with van der Waals surface area (Å²) < 4.78 is 24.2. The van der Waals surface area contributed by atoms with Gasteiger partial charge in [0, 0.05) is 11.8 Å². The molecule has 1 saturated carbocycles. The molecule has 0 amide bonds. The maximum absolute atomic E-state index is 12.1. The van der Waals surface area contributed by atoms with Crippen LogP contribution < -0.4 is 0 Å². The Morgan fingerprint density at radius 1 is 1.07 bits per heavy atom. The van der Waals surface area contributed by atoms with Gasteiger partial charge in [-0.15, -0.1) is 0 Å². The first-order valence-corrected chi connectivity index (χ1v) is 10.7. The van der Waals surface area contributed by atoms with Crippen LogP contribution in [0.15, 0.2) is 24.3 Å². The first-order chi connectivity index (χ1) is 13.2. The molecule has 0 heterocycles. The predicted molar refractivity (Wildman–Crippen MR) is 112 cm³/mol. The molecule has 0 aliphatic heterocycles. The predicted octanol–water partition coefficient (Wildman–Crippen LogP) is 6.66. The Labute approximate surface area is 169 Å². The molecule has 0 aromatic heterocycles. The van der Waals surface area contributed by atoms with Gasteiger partial charge in [-0.2, -0.15) is 0 Å². The second-order valence-electron chi connectivity index (χ2n) is 8.43. The van der Waals surface area contributed by atoms with Gasteiger partial charge in [0.2, 0.25) is 6.43 Å². The van der Waals surface area contributed by atoms with Gasteiger partial charge in [0.05, 0.1) is 5.60 Å². The summed E-state index contributed by atoms with van der Waals surface area (Å²) in [4.78, 5) is 11.8. The molecule has 0 unspecified atom stereocenters. The number of ketones is 1. The number of aryl methyl sites for hydroxylation is 2. The van der Waals surface area contributed by atoms with Crippen LogP contribution in [-0.2, 0) is 11.2 Å². The summed E-state index contributed by atoms with van der Waals surface area (Å²) in [6.45, 7) is 7.98. The van der Waals surface area contributed by atoms with Crippen molar-refractivity contribution in [1.29, 1.82) is 0 Å². The number of carbonyl (C=O) groups excluding carboxylic acids is 1. The maximum Gasteiger partial charge on any atom is 0.238 e. The van der Waals surface area contributed by atoms with E-state index in [2.05, 4.69) is 45.0 Å². The number of benzene rings is 1. The third kappa shape index (κ3) is 7.98. The first-order valence-electron chi connectivity index (χ1n) is 10.7. The van der Waals surface area contributed by atoms with Crippen molar-refractivity contribution in [3.05, 3.63) is 35.4 Å². The smallest absolute Gasteiger partial charge is 0.238 e. The molecule has 4 heteroatoms. The standard InChI is InChI=1S/C15H26F2O2.C9H12/c1-3-6-14(12(2)18)8-10-15(19,11-9-14)7-4-5-13(16)17;1-3-9-6-4-8(2)5-7-9/h13,19H,3-11H2,1-2H3;4-7H,3H2,1-2H3. The normalized spacial score (nSPS) is 24.6. The van der Waals surface area contributed by atoms with Crippen molar-refractivity contribution in [2.24, 2.45) is 5.41 Å². The molecular formula is C24H38F2O2. The second-order valence-corrected chi connectivity index (χ2v) is 8.43. The Morgan fingerprint density at radius 2 is 1.64 bits per heavy atom. The van der Waals surface area contributed by atoms with Gasteiger partial charge in [0.15, 0.2) is 0 Å². The molecule has 28 heavy (non-hydrogen) atoms. The molecule has 1 fully saturated rings. The Morgan fingerprint density at radius 3 is 2.07 bits per heavy atom. The Kier molecular flexibility index (Phi) is 10.3. The minimum absolute atomic E-state index is 0.144. The Balaban J connectivity index is 0.000000362. The van der Waals surface area contributed by atoms with Crippen LogP contribution in [0.5, 0.6) is 0 Å². The minimum atomic E-state index is -2.29. The molecule has 0 bridgehead atoms. The average Bonchev–Trinajstić information content (AvgIpc) is 2.65. The lowest BCUT2D eigenvalue weighted by atomic mass is 9.64. The van der Waals surface area contributed by atoms with Gasteiger partial charge in [-0.05, 0) is 70.8 Å². The molecule has 2 rings (SSSR count). The Hall–Kier alpha value is -1.29. The van der Waals surface area contributed by atoms with E-state index >= 15 is 0 Å². The van der Waals surface area contributed by atoms with Crippen molar-refractivity contribution in [3.8, 4) is 0 Å². The Bertz CT molecular complexity index is 573. The highest BCUT2D eigenvalue weighted by Gasteiger charge is 2.43. The summed E-state index contributed by atoms with van der Waals surface area (Å²) in [6, 6.07) is 8.66. The molecule has 0 atom stereocenters. The van der Waals surface area contributed by atoms with Crippen LogP contribution in [0.4, 0.5) is 8.78 Å². The number of alkyl halides is 2. The lowest BCUT2D eigenvalue weighted by Crippen LogP contribution is -2.42. The summed E-state index contributed by atoms with van der Waals surface area (Å²) in [7, 11) is 0. The zero-order valence-electron chi connectivity index (χ0n) is 18.1. The van der Waals surface area contributed by atoms with E-state index in [1.807, 2.05) is 0 Å². The van der Waals surface area contributed by atoms with Crippen molar-refractivity contribution >= 4 is 5.78 Å². The summed E-state index contributed by atoms with van der Waals surface area (Å²) in [5.74, 6) is 0.212. The van der Waals surface area contributed by atoms with Gasteiger partial charge >= 0.3 is 0 Å². The number of hydrogen-bond donors (Lipinski definition) is 1. The summed E-state index contributed by atoms with van der Waals surface area (Å²) >= 11 is 0. The third-order valence-corrected chi connectivity index (χ3v) is 6.21. The highest BCUT2D eigenvalue weighted by Crippen LogP contribution is 2.46. The SMILES string of the molecule is CCCC1(C(C)=O)CCC(O)(CCCC(F)F)CC1.CCc1ccc(C)cc1. The number of halogens is 2. The molecule has 1 aromatic rings. The van der Waals surface area contributed by atoms with E-state index in [4.69, 9.17) is 0 Å². The van der Waals surface area contributed by atoms with Crippen LogP contribution in [0.2, 0.25) is 0 Å². The third-order valence-electron chi connectivity index (χ3n) is 6.21. The largest absolute Gasteiger partial charge is 0.390 e. The van der Waals surface area contributed by atoms with E-state index in [0.717, 1.165) is 19.3 Å². The average molecular weight is 397 g/mol. The quantitative estimate of drug-likeness (QED) is 0.533. The molecule has 0 radical (unpaired) electrons. The monoisotopic (exact) mass is 396 g/mol. The van der Waals surface area contributed by atoms with Crippen molar-refractivity contribution in [2.75, 3.05) is 0 Å². The lowest BCUT2D eigenvalue weighted by molar-refractivity contribution is -0.133. The summed E-state index contributed by atoms with van der Waals surface area (Å²) in [5, 5.41) is 10.4. The number of Topliss-reactive ketones (excluding diaryl/α,β-unsaturated/α-hetero) is 1. The van der Waals surface area contributed by atoms with E-state index in [9.17, 15) is 18.7 Å². The van der Waals surface area contributed by atoms with Gasteiger partial charge in [-0.1, -0.05) is 50.1 Å². The van der Waals surface area contributed by atoms with E-state index in [-0.39, 0.29) is 17.6 Å². The number of aliphatic hydroxyl groups is 1.